The van der Waals surface area contributed by atoms with Gasteiger partial charge in [0.05, 0.1) is 5.69 Å². The van der Waals surface area contributed by atoms with Gasteiger partial charge >= 0.3 is 0 Å². The maximum absolute atomic E-state index is 12.5. The molecule has 3 N–H and O–H groups in total. The van der Waals surface area contributed by atoms with Gasteiger partial charge in [-0.25, -0.2) is 0 Å². The average molecular weight is 307 g/mol. The lowest BCUT2D eigenvalue weighted by atomic mass is 10.3. The van der Waals surface area contributed by atoms with E-state index in [1.807, 2.05) is 0 Å². The summed E-state index contributed by atoms with van der Waals surface area (Å²) < 4.78 is 30.6. The molecule has 0 aliphatic heterocycles. The standard InChI is InChI=1S/C14H11F2N3OS/c15-13(16)21-12-4-2-1-3-10(12)19-14-18-9-6-5-8(17)7-11(9)20-14/h1-7,13H,17H2,(H,18,19). The molecule has 0 spiro atoms. The van der Waals surface area contributed by atoms with Crippen molar-refractivity contribution in [2.75, 3.05) is 11.1 Å². The molecular formula is C14H11F2N3OS. The number of nitrogens with one attached hydrogen (secondary N) is 1. The average Bonchev–Trinajstić information content (AvgIpc) is 2.82. The Labute approximate surface area is 123 Å². The fourth-order valence-corrected chi connectivity index (χ4v) is 2.47. The van der Waals surface area contributed by atoms with E-state index in [9.17, 15) is 8.78 Å². The number of oxazole rings is 1. The summed E-state index contributed by atoms with van der Waals surface area (Å²) >= 11 is 0.468. The predicted octanol–water partition coefficient (Wildman–Crippen LogP) is 4.47. The van der Waals surface area contributed by atoms with Gasteiger partial charge in [-0.1, -0.05) is 23.9 Å². The van der Waals surface area contributed by atoms with E-state index in [1.54, 1.807) is 42.5 Å². The zero-order valence-electron chi connectivity index (χ0n) is 10.7. The van der Waals surface area contributed by atoms with E-state index in [-0.39, 0.29) is 6.01 Å². The van der Waals surface area contributed by atoms with Gasteiger partial charge in [-0.2, -0.15) is 13.8 Å². The number of alkyl halides is 2. The minimum absolute atomic E-state index is 0.234. The molecule has 0 bridgehead atoms. The summed E-state index contributed by atoms with van der Waals surface area (Å²) in [6.07, 6.45) is 0. The number of hydrogen-bond acceptors (Lipinski definition) is 5. The van der Waals surface area contributed by atoms with E-state index in [1.165, 1.54) is 0 Å². The SMILES string of the molecule is Nc1ccc2nc(Nc3ccccc3SC(F)F)oc2c1. The number of nitrogens with zero attached hydrogens (tertiary/aromatic N) is 1. The molecule has 21 heavy (non-hydrogen) atoms. The van der Waals surface area contributed by atoms with Crippen LogP contribution in [0.15, 0.2) is 51.8 Å². The molecule has 0 atom stereocenters. The molecule has 108 valence electrons. The first-order valence-corrected chi connectivity index (χ1v) is 6.97. The number of nitrogens with two attached hydrogens (primary N) is 1. The number of anilines is 3. The molecule has 0 amide bonds. The van der Waals surface area contributed by atoms with E-state index in [0.717, 1.165) is 0 Å². The van der Waals surface area contributed by atoms with Gasteiger partial charge in [-0.15, -0.1) is 0 Å². The second-order valence-corrected chi connectivity index (χ2v) is 5.28. The quantitative estimate of drug-likeness (QED) is 0.550. The number of halogens is 2. The van der Waals surface area contributed by atoms with Gasteiger partial charge in [0.15, 0.2) is 5.58 Å². The van der Waals surface area contributed by atoms with Crippen LogP contribution >= 0.6 is 11.8 Å². The smallest absolute Gasteiger partial charge is 0.300 e. The number of hydrogen-bond donors (Lipinski definition) is 2. The zero-order valence-corrected chi connectivity index (χ0v) is 11.5. The van der Waals surface area contributed by atoms with Crippen molar-refractivity contribution >= 4 is 40.3 Å². The Morgan fingerprint density at radius 2 is 2.00 bits per heavy atom. The lowest BCUT2D eigenvalue weighted by Gasteiger charge is -2.08. The number of thioether (sulfide) groups is 1. The Balaban J connectivity index is 1.91. The monoisotopic (exact) mass is 307 g/mol. The lowest BCUT2D eigenvalue weighted by molar-refractivity contribution is 0.252. The molecule has 3 aromatic rings. The largest absolute Gasteiger partial charge is 0.423 e. The highest BCUT2D eigenvalue weighted by atomic mass is 32.2. The van der Waals surface area contributed by atoms with E-state index in [0.29, 0.717) is 39.1 Å². The molecule has 4 nitrogen and oxygen atoms in total. The van der Waals surface area contributed by atoms with E-state index < -0.39 is 5.76 Å². The van der Waals surface area contributed by atoms with Crippen LogP contribution in [0.2, 0.25) is 0 Å². The molecule has 7 heteroatoms. The van der Waals surface area contributed by atoms with Gasteiger partial charge in [0.1, 0.15) is 5.52 Å². The normalized spacial score (nSPS) is 11.2. The number of nitrogen functional groups attached to an aromatic ring is 1. The van der Waals surface area contributed by atoms with E-state index in [2.05, 4.69) is 10.3 Å². The number of fused-ring (bicyclic) bond motifs is 1. The summed E-state index contributed by atoms with van der Waals surface area (Å²) in [5, 5.41) is 2.91. The fourth-order valence-electron chi connectivity index (χ4n) is 1.88. The van der Waals surface area contributed by atoms with Gasteiger partial charge in [0, 0.05) is 16.6 Å². The Morgan fingerprint density at radius 1 is 1.19 bits per heavy atom. The molecule has 3 rings (SSSR count). The first kappa shape index (κ1) is 13.7. The summed E-state index contributed by atoms with van der Waals surface area (Å²) in [6.45, 7) is 0. The van der Waals surface area contributed by atoms with Gasteiger partial charge in [0.2, 0.25) is 0 Å². The Kier molecular flexibility index (Phi) is 3.66. The minimum atomic E-state index is -2.49. The van der Waals surface area contributed by atoms with Crippen molar-refractivity contribution in [3.63, 3.8) is 0 Å². The Hall–Kier alpha value is -2.28. The third-order valence-electron chi connectivity index (χ3n) is 2.76. The zero-order chi connectivity index (χ0) is 14.8. The fraction of sp³-hybridized carbons (Fsp3) is 0.0714. The highest BCUT2D eigenvalue weighted by Crippen LogP contribution is 2.33. The molecule has 1 heterocycles. The van der Waals surface area contributed by atoms with Crippen LogP contribution in [0.25, 0.3) is 11.1 Å². The maximum atomic E-state index is 12.5. The van der Waals surface area contributed by atoms with Crippen LogP contribution in [0.3, 0.4) is 0 Å². The van der Waals surface area contributed by atoms with Crippen molar-refractivity contribution in [1.82, 2.24) is 4.98 Å². The highest BCUT2D eigenvalue weighted by Gasteiger charge is 2.12. The second kappa shape index (κ2) is 5.61. The highest BCUT2D eigenvalue weighted by molar-refractivity contribution is 7.99. The number of aromatic nitrogens is 1. The molecule has 0 radical (unpaired) electrons. The van der Waals surface area contributed by atoms with Crippen LogP contribution in [-0.4, -0.2) is 10.7 Å². The van der Waals surface area contributed by atoms with Crippen LogP contribution in [0, 0.1) is 0 Å². The van der Waals surface area contributed by atoms with Crippen LogP contribution in [0.4, 0.5) is 26.2 Å². The maximum Gasteiger partial charge on any atom is 0.300 e. The van der Waals surface area contributed by atoms with Crippen molar-refractivity contribution in [3.8, 4) is 0 Å². The van der Waals surface area contributed by atoms with Crippen molar-refractivity contribution in [1.29, 1.82) is 0 Å². The number of rotatable bonds is 4. The summed E-state index contributed by atoms with van der Waals surface area (Å²) in [5.41, 5.74) is 7.94. The summed E-state index contributed by atoms with van der Waals surface area (Å²) in [7, 11) is 0. The summed E-state index contributed by atoms with van der Waals surface area (Å²) in [4.78, 5) is 4.66. The van der Waals surface area contributed by atoms with Gasteiger partial charge in [-0.05, 0) is 24.3 Å². The molecule has 0 unspecified atom stereocenters. The predicted molar refractivity (Wildman–Crippen MR) is 80.0 cm³/mol. The third-order valence-corrected chi connectivity index (χ3v) is 3.55. The number of para-hydroxylation sites is 1. The Bertz CT molecular complexity index is 776. The topological polar surface area (TPSA) is 64.1 Å². The van der Waals surface area contributed by atoms with Crippen molar-refractivity contribution < 1.29 is 13.2 Å². The molecule has 0 saturated carbocycles. The Morgan fingerprint density at radius 3 is 2.81 bits per heavy atom. The lowest BCUT2D eigenvalue weighted by Crippen LogP contribution is -1.93. The molecule has 0 aliphatic rings. The van der Waals surface area contributed by atoms with Crippen LogP contribution in [-0.2, 0) is 0 Å². The third kappa shape index (κ3) is 3.08. The van der Waals surface area contributed by atoms with Crippen LogP contribution < -0.4 is 11.1 Å². The second-order valence-electron chi connectivity index (χ2n) is 4.25. The molecule has 1 aromatic heterocycles. The van der Waals surface area contributed by atoms with Crippen molar-refractivity contribution in [2.45, 2.75) is 10.7 Å². The molecule has 0 saturated heterocycles. The first-order chi connectivity index (χ1) is 10.1. The van der Waals surface area contributed by atoms with Gasteiger partial charge in [0.25, 0.3) is 11.8 Å². The minimum Gasteiger partial charge on any atom is -0.423 e. The van der Waals surface area contributed by atoms with Crippen molar-refractivity contribution in [2.24, 2.45) is 0 Å². The van der Waals surface area contributed by atoms with Crippen LogP contribution in [0.1, 0.15) is 0 Å². The number of benzene rings is 2. The molecule has 0 aliphatic carbocycles. The first-order valence-electron chi connectivity index (χ1n) is 6.09. The van der Waals surface area contributed by atoms with E-state index >= 15 is 0 Å². The van der Waals surface area contributed by atoms with Crippen LogP contribution in [0.5, 0.6) is 0 Å². The molecular weight excluding hydrogens is 296 g/mol. The molecule has 2 aromatic carbocycles. The summed E-state index contributed by atoms with van der Waals surface area (Å²) in [5.74, 6) is -2.49. The van der Waals surface area contributed by atoms with E-state index in [4.69, 9.17) is 10.2 Å². The van der Waals surface area contributed by atoms with Crippen molar-refractivity contribution in [3.05, 3.63) is 42.5 Å². The molecule has 0 fully saturated rings. The van der Waals surface area contributed by atoms with Gasteiger partial charge < -0.3 is 15.5 Å². The summed E-state index contributed by atoms with van der Waals surface area (Å²) in [6, 6.07) is 12.1. The van der Waals surface area contributed by atoms with Gasteiger partial charge in [-0.3, -0.25) is 0 Å².